The summed E-state index contributed by atoms with van der Waals surface area (Å²) in [7, 11) is 0. The summed E-state index contributed by atoms with van der Waals surface area (Å²) in [5.74, 6) is -0.0842. The fourth-order valence-corrected chi connectivity index (χ4v) is 2.56. The van der Waals surface area contributed by atoms with Crippen LogP contribution >= 0.6 is 0 Å². The summed E-state index contributed by atoms with van der Waals surface area (Å²) < 4.78 is 5.51. The zero-order valence-electron chi connectivity index (χ0n) is 13.6. The average Bonchev–Trinajstić information content (AvgIpc) is 3.02. The van der Waals surface area contributed by atoms with Crippen LogP contribution in [0.4, 0.5) is 10.5 Å². The average molecular weight is 319 g/mol. The third kappa shape index (κ3) is 6.69. The normalized spacial score (nSPS) is 16.8. The summed E-state index contributed by atoms with van der Waals surface area (Å²) in [6.07, 6.45) is 4.14. The molecule has 1 heterocycles. The third-order valence-corrected chi connectivity index (χ3v) is 3.75. The Morgan fingerprint density at radius 1 is 1.17 bits per heavy atom. The van der Waals surface area contributed by atoms with Gasteiger partial charge in [-0.3, -0.25) is 4.79 Å². The van der Waals surface area contributed by atoms with Crippen LogP contribution in [0.1, 0.15) is 31.7 Å². The van der Waals surface area contributed by atoms with E-state index in [0.29, 0.717) is 19.2 Å². The van der Waals surface area contributed by atoms with Gasteiger partial charge in [0.1, 0.15) is 0 Å². The molecule has 1 saturated heterocycles. The number of carbonyl (C=O) groups excluding carboxylic acids is 2. The second-order valence-electron chi connectivity index (χ2n) is 5.73. The van der Waals surface area contributed by atoms with Gasteiger partial charge in [-0.25, -0.2) is 4.79 Å². The van der Waals surface area contributed by atoms with Crippen molar-refractivity contribution in [3.63, 3.8) is 0 Å². The third-order valence-electron chi connectivity index (χ3n) is 3.75. The molecule has 1 aromatic rings. The topological polar surface area (TPSA) is 79.5 Å². The lowest BCUT2D eigenvalue weighted by Crippen LogP contribution is -2.37. The van der Waals surface area contributed by atoms with Crippen molar-refractivity contribution in [2.75, 3.05) is 25.0 Å². The maximum atomic E-state index is 11.7. The summed E-state index contributed by atoms with van der Waals surface area (Å²) in [6.45, 7) is 3.54. The van der Waals surface area contributed by atoms with Crippen molar-refractivity contribution >= 4 is 17.6 Å². The number of urea groups is 1. The first-order chi connectivity index (χ1) is 11.1. The molecular weight excluding hydrogens is 294 g/mol. The van der Waals surface area contributed by atoms with Crippen LogP contribution in [-0.4, -0.2) is 37.7 Å². The van der Waals surface area contributed by atoms with E-state index in [1.54, 1.807) is 0 Å². The zero-order valence-corrected chi connectivity index (χ0v) is 13.6. The monoisotopic (exact) mass is 319 g/mol. The fourth-order valence-electron chi connectivity index (χ4n) is 2.56. The number of amides is 3. The van der Waals surface area contributed by atoms with Gasteiger partial charge in [-0.15, -0.1) is 0 Å². The quantitative estimate of drug-likeness (QED) is 0.720. The van der Waals surface area contributed by atoms with Gasteiger partial charge in [0, 0.05) is 32.3 Å². The minimum Gasteiger partial charge on any atom is -0.378 e. The number of hydrogen-bond acceptors (Lipinski definition) is 3. The molecule has 1 aromatic carbocycles. The SMILES string of the molecule is CC(=O)Nc1ccc(CCNC(=O)NCCC2CCCO2)cc1. The van der Waals surface area contributed by atoms with E-state index in [4.69, 9.17) is 4.74 Å². The van der Waals surface area contributed by atoms with Gasteiger partial charge >= 0.3 is 6.03 Å². The summed E-state index contributed by atoms with van der Waals surface area (Å²) in [6, 6.07) is 7.47. The first kappa shape index (κ1) is 17.3. The predicted molar refractivity (Wildman–Crippen MR) is 89.4 cm³/mol. The smallest absolute Gasteiger partial charge is 0.314 e. The molecule has 3 amide bonds. The largest absolute Gasteiger partial charge is 0.378 e. The minimum absolute atomic E-state index is 0.0842. The number of rotatable bonds is 7. The Morgan fingerprint density at radius 2 is 1.91 bits per heavy atom. The van der Waals surface area contributed by atoms with Gasteiger partial charge in [0.15, 0.2) is 0 Å². The molecule has 2 rings (SSSR count). The van der Waals surface area contributed by atoms with E-state index in [9.17, 15) is 9.59 Å². The highest BCUT2D eigenvalue weighted by Crippen LogP contribution is 2.14. The molecule has 6 nitrogen and oxygen atoms in total. The van der Waals surface area contributed by atoms with E-state index in [1.807, 2.05) is 24.3 Å². The summed E-state index contributed by atoms with van der Waals surface area (Å²) in [5, 5.41) is 8.42. The zero-order chi connectivity index (χ0) is 16.5. The lowest BCUT2D eigenvalue weighted by Gasteiger charge is -2.11. The number of hydrogen-bond donors (Lipinski definition) is 3. The lowest BCUT2D eigenvalue weighted by atomic mass is 10.1. The molecule has 0 aliphatic carbocycles. The molecule has 126 valence electrons. The van der Waals surface area contributed by atoms with E-state index in [0.717, 1.165) is 43.5 Å². The molecule has 0 radical (unpaired) electrons. The first-order valence-corrected chi connectivity index (χ1v) is 8.13. The van der Waals surface area contributed by atoms with Crippen molar-refractivity contribution in [3.8, 4) is 0 Å². The Morgan fingerprint density at radius 3 is 2.57 bits per heavy atom. The number of anilines is 1. The van der Waals surface area contributed by atoms with Gasteiger partial charge in [0.2, 0.25) is 5.91 Å². The molecule has 0 saturated carbocycles. The second-order valence-corrected chi connectivity index (χ2v) is 5.73. The van der Waals surface area contributed by atoms with Crippen LogP contribution in [0.25, 0.3) is 0 Å². The van der Waals surface area contributed by atoms with Crippen LogP contribution in [-0.2, 0) is 16.0 Å². The molecular formula is C17H25N3O3. The molecule has 6 heteroatoms. The number of ether oxygens (including phenoxy) is 1. The number of benzene rings is 1. The Bertz CT molecular complexity index is 510. The molecule has 1 atom stereocenters. The first-order valence-electron chi connectivity index (χ1n) is 8.13. The molecule has 0 spiro atoms. The lowest BCUT2D eigenvalue weighted by molar-refractivity contribution is -0.114. The van der Waals surface area contributed by atoms with Crippen molar-refractivity contribution < 1.29 is 14.3 Å². The molecule has 1 aliphatic rings. The maximum Gasteiger partial charge on any atom is 0.314 e. The number of carbonyl (C=O) groups is 2. The van der Waals surface area contributed by atoms with Crippen molar-refractivity contribution in [1.82, 2.24) is 10.6 Å². The van der Waals surface area contributed by atoms with E-state index in [2.05, 4.69) is 16.0 Å². The highest BCUT2D eigenvalue weighted by atomic mass is 16.5. The predicted octanol–water partition coefficient (Wildman–Crippen LogP) is 2.06. The summed E-state index contributed by atoms with van der Waals surface area (Å²) in [5.41, 5.74) is 1.89. The van der Waals surface area contributed by atoms with E-state index in [1.165, 1.54) is 6.92 Å². The van der Waals surface area contributed by atoms with E-state index >= 15 is 0 Å². The van der Waals surface area contributed by atoms with Crippen molar-refractivity contribution in [3.05, 3.63) is 29.8 Å². The van der Waals surface area contributed by atoms with Crippen molar-refractivity contribution in [2.45, 2.75) is 38.7 Å². The summed E-state index contributed by atoms with van der Waals surface area (Å²) in [4.78, 5) is 22.6. The molecule has 23 heavy (non-hydrogen) atoms. The maximum absolute atomic E-state index is 11.7. The molecule has 1 unspecified atom stereocenters. The van der Waals surface area contributed by atoms with Crippen LogP contribution in [0.5, 0.6) is 0 Å². The van der Waals surface area contributed by atoms with Gasteiger partial charge in [0.05, 0.1) is 6.10 Å². The fraction of sp³-hybridized carbons (Fsp3) is 0.529. The Labute approximate surface area is 137 Å². The Balaban J connectivity index is 1.58. The Hall–Kier alpha value is -2.08. The van der Waals surface area contributed by atoms with Gasteiger partial charge in [-0.2, -0.15) is 0 Å². The van der Waals surface area contributed by atoms with E-state index in [-0.39, 0.29) is 11.9 Å². The second kappa shape index (κ2) is 9.15. The molecule has 1 aliphatic heterocycles. The molecule has 0 aromatic heterocycles. The van der Waals surface area contributed by atoms with Gasteiger partial charge < -0.3 is 20.7 Å². The minimum atomic E-state index is -0.141. The van der Waals surface area contributed by atoms with Crippen LogP contribution in [0, 0.1) is 0 Å². The van der Waals surface area contributed by atoms with Crippen LogP contribution in [0.2, 0.25) is 0 Å². The highest BCUT2D eigenvalue weighted by molar-refractivity contribution is 5.88. The van der Waals surface area contributed by atoms with Crippen LogP contribution in [0.3, 0.4) is 0 Å². The van der Waals surface area contributed by atoms with Crippen LogP contribution < -0.4 is 16.0 Å². The highest BCUT2D eigenvalue weighted by Gasteiger charge is 2.14. The van der Waals surface area contributed by atoms with Gasteiger partial charge in [-0.1, -0.05) is 12.1 Å². The standard InChI is InChI=1S/C17H25N3O3/c1-13(21)20-15-6-4-14(5-7-15)8-10-18-17(22)19-11-9-16-3-2-12-23-16/h4-7,16H,2-3,8-12H2,1H3,(H,20,21)(H2,18,19,22). The van der Waals surface area contributed by atoms with Crippen LogP contribution in [0.15, 0.2) is 24.3 Å². The molecule has 3 N–H and O–H groups in total. The molecule has 1 fully saturated rings. The number of nitrogens with one attached hydrogen (secondary N) is 3. The summed E-state index contributed by atoms with van der Waals surface area (Å²) >= 11 is 0. The van der Waals surface area contributed by atoms with Gasteiger partial charge in [-0.05, 0) is 43.4 Å². The Kier molecular flexibility index (Phi) is 6.87. The van der Waals surface area contributed by atoms with Gasteiger partial charge in [0.25, 0.3) is 0 Å². The van der Waals surface area contributed by atoms with Crippen molar-refractivity contribution in [1.29, 1.82) is 0 Å². The molecule has 0 bridgehead atoms. The van der Waals surface area contributed by atoms with E-state index < -0.39 is 0 Å². The van der Waals surface area contributed by atoms with Crippen molar-refractivity contribution in [2.24, 2.45) is 0 Å².